The van der Waals surface area contributed by atoms with E-state index >= 15 is 0 Å². The molecule has 1 aromatic carbocycles. The Labute approximate surface area is 163 Å². The van der Waals surface area contributed by atoms with Gasteiger partial charge in [-0.1, -0.05) is 0 Å². The Morgan fingerprint density at radius 3 is 2.59 bits per heavy atom. The van der Waals surface area contributed by atoms with Crippen molar-refractivity contribution in [1.82, 2.24) is 15.3 Å². The maximum Gasteiger partial charge on any atom is 0.262 e. The van der Waals surface area contributed by atoms with Crippen LogP contribution in [0.15, 0.2) is 18.2 Å². The first kappa shape index (κ1) is 21.5. The van der Waals surface area contributed by atoms with Crippen LogP contribution in [0.1, 0.15) is 27.1 Å². The molecule has 0 bridgehead atoms. The molecule has 0 aliphatic carbocycles. The highest BCUT2D eigenvalue weighted by molar-refractivity contribution is 6.21. The van der Waals surface area contributed by atoms with Gasteiger partial charge in [-0.15, -0.1) is 12.4 Å². The van der Waals surface area contributed by atoms with Crippen molar-refractivity contribution in [3.05, 3.63) is 29.3 Å². The monoisotopic (exact) mass is 401 g/mol. The Bertz CT molecular complexity index is 689. The molecular weight excluding hydrogens is 378 g/mol. The number of carbonyl (C=O) groups is 2. The molecule has 2 aliphatic rings. The van der Waals surface area contributed by atoms with Crippen LogP contribution < -0.4 is 10.1 Å². The Hall–Kier alpha value is -1.75. The van der Waals surface area contributed by atoms with Gasteiger partial charge in [0.1, 0.15) is 18.6 Å². The molecule has 9 nitrogen and oxygen atoms in total. The van der Waals surface area contributed by atoms with Gasteiger partial charge in [0.15, 0.2) is 0 Å². The number of nitrogens with zero attached hydrogens (tertiary/aromatic N) is 2. The van der Waals surface area contributed by atoms with Gasteiger partial charge in [0.25, 0.3) is 11.8 Å². The normalized spacial score (nSPS) is 22.1. The predicted octanol–water partition coefficient (Wildman–Crippen LogP) is 0.101. The average Bonchev–Trinajstić information content (AvgIpc) is 3.08. The van der Waals surface area contributed by atoms with Gasteiger partial charge in [0.05, 0.1) is 30.4 Å². The molecule has 1 fully saturated rings. The highest BCUT2D eigenvalue weighted by Crippen LogP contribution is 2.32. The van der Waals surface area contributed by atoms with Crippen LogP contribution in [0, 0.1) is 0 Å². The topological polar surface area (TPSA) is 112 Å². The van der Waals surface area contributed by atoms with E-state index in [9.17, 15) is 19.9 Å². The Kier molecular flexibility index (Phi) is 7.54. The third kappa shape index (κ3) is 4.40. The SMILES string of the molecule is CNCCOCCOc1ccc2c(c1)C(=O)N(C1CCN(O)C1O)C2=O.Cl. The van der Waals surface area contributed by atoms with Crippen LogP contribution in [0.25, 0.3) is 0 Å². The number of imide groups is 1. The van der Waals surface area contributed by atoms with Crippen LogP contribution in [0.4, 0.5) is 0 Å². The number of aliphatic hydroxyl groups is 1. The molecule has 0 saturated carbocycles. The number of fused-ring (bicyclic) bond motifs is 1. The summed E-state index contributed by atoms with van der Waals surface area (Å²) in [6, 6.07) is 3.94. The third-order valence-corrected chi connectivity index (χ3v) is 4.52. The standard InChI is InChI=1S/C17H23N3O6.ClH/c1-18-5-7-25-8-9-26-11-2-3-12-13(10-11)16(22)20(15(12)21)14-4-6-19(24)17(14)23;/h2-3,10,14,17-18,23-24H,4-9H2,1H3;1H. The first-order valence-electron chi connectivity index (χ1n) is 8.55. The lowest BCUT2D eigenvalue weighted by atomic mass is 10.1. The summed E-state index contributed by atoms with van der Waals surface area (Å²) in [5.74, 6) is -0.480. The lowest BCUT2D eigenvalue weighted by molar-refractivity contribution is -0.179. The summed E-state index contributed by atoms with van der Waals surface area (Å²) in [4.78, 5) is 26.2. The van der Waals surface area contributed by atoms with Gasteiger partial charge in [-0.05, 0) is 31.7 Å². The number of carbonyl (C=O) groups excluding carboxylic acids is 2. The number of hydroxylamine groups is 2. The number of aliphatic hydroxyl groups excluding tert-OH is 1. The van der Waals surface area contributed by atoms with Crippen molar-refractivity contribution in [2.24, 2.45) is 0 Å². The number of hydrogen-bond acceptors (Lipinski definition) is 8. The Balaban J connectivity index is 0.00000261. The van der Waals surface area contributed by atoms with Crippen LogP contribution in [-0.2, 0) is 4.74 Å². The fraction of sp³-hybridized carbons (Fsp3) is 0.529. The summed E-state index contributed by atoms with van der Waals surface area (Å²) in [6.45, 7) is 2.27. The third-order valence-electron chi connectivity index (χ3n) is 4.52. The number of halogens is 1. The van der Waals surface area contributed by atoms with E-state index in [-0.39, 0.29) is 30.1 Å². The number of nitrogens with one attached hydrogen (secondary N) is 1. The zero-order chi connectivity index (χ0) is 18.7. The summed E-state index contributed by atoms with van der Waals surface area (Å²) in [7, 11) is 1.84. The molecule has 0 radical (unpaired) electrons. The molecule has 2 heterocycles. The van der Waals surface area contributed by atoms with E-state index < -0.39 is 24.1 Å². The predicted molar refractivity (Wildman–Crippen MR) is 97.3 cm³/mol. The molecule has 1 saturated heterocycles. The second-order valence-electron chi connectivity index (χ2n) is 6.18. The van der Waals surface area contributed by atoms with Crippen molar-refractivity contribution < 1.29 is 29.4 Å². The van der Waals surface area contributed by atoms with Gasteiger partial charge in [0.2, 0.25) is 0 Å². The van der Waals surface area contributed by atoms with Gasteiger partial charge in [-0.3, -0.25) is 14.5 Å². The molecule has 3 N–H and O–H groups in total. The van der Waals surface area contributed by atoms with E-state index in [1.165, 1.54) is 6.07 Å². The maximum absolute atomic E-state index is 12.7. The fourth-order valence-corrected chi connectivity index (χ4v) is 3.13. The smallest absolute Gasteiger partial charge is 0.262 e. The van der Waals surface area contributed by atoms with Gasteiger partial charge < -0.3 is 25.1 Å². The van der Waals surface area contributed by atoms with E-state index in [4.69, 9.17) is 9.47 Å². The van der Waals surface area contributed by atoms with Gasteiger partial charge in [-0.2, -0.15) is 5.06 Å². The van der Waals surface area contributed by atoms with Crippen molar-refractivity contribution in [2.45, 2.75) is 18.7 Å². The van der Waals surface area contributed by atoms with Crippen LogP contribution in [0.5, 0.6) is 5.75 Å². The molecular formula is C17H24ClN3O6. The van der Waals surface area contributed by atoms with Crippen molar-refractivity contribution in [2.75, 3.05) is 40.0 Å². The van der Waals surface area contributed by atoms with Crippen LogP contribution in [0.2, 0.25) is 0 Å². The number of ether oxygens (including phenoxy) is 2. The lowest BCUT2D eigenvalue weighted by Crippen LogP contribution is -2.47. The van der Waals surface area contributed by atoms with Gasteiger partial charge >= 0.3 is 0 Å². The van der Waals surface area contributed by atoms with Crippen LogP contribution in [0.3, 0.4) is 0 Å². The molecule has 150 valence electrons. The lowest BCUT2D eigenvalue weighted by Gasteiger charge is -2.25. The summed E-state index contributed by atoms with van der Waals surface area (Å²) in [5, 5.41) is 23.2. The quantitative estimate of drug-likeness (QED) is 0.415. The van der Waals surface area contributed by atoms with E-state index in [0.717, 1.165) is 16.5 Å². The first-order valence-corrected chi connectivity index (χ1v) is 8.55. The first-order chi connectivity index (χ1) is 12.5. The van der Waals surface area contributed by atoms with Gasteiger partial charge in [-0.25, -0.2) is 0 Å². The number of benzene rings is 1. The fourth-order valence-electron chi connectivity index (χ4n) is 3.13. The minimum absolute atomic E-state index is 0. The minimum Gasteiger partial charge on any atom is -0.491 e. The van der Waals surface area contributed by atoms with Crippen molar-refractivity contribution in [1.29, 1.82) is 0 Å². The van der Waals surface area contributed by atoms with E-state index in [2.05, 4.69) is 5.32 Å². The molecule has 2 unspecified atom stereocenters. The van der Waals surface area contributed by atoms with Crippen molar-refractivity contribution >= 4 is 24.2 Å². The highest BCUT2D eigenvalue weighted by Gasteiger charge is 2.46. The largest absolute Gasteiger partial charge is 0.491 e. The Morgan fingerprint density at radius 1 is 1.19 bits per heavy atom. The summed E-state index contributed by atoms with van der Waals surface area (Å²) < 4.78 is 10.9. The maximum atomic E-state index is 12.7. The number of amides is 2. The van der Waals surface area contributed by atoms with E-state index in [1.54, 1.807) is 12.1 Å². The molecule has 10 heteroatoms. The summed E-state index contributed by atoms with van der Waals surface area (Å²) in [6.07, 6.45) is -0.959. The number of likely N-dealkylation sites (N-methyl/N-ethyl adjacent to an activating group) is 1. The Morgan fingerprint density at radius 2 is 1.93 bits per heavy atom. The molecule has 2 aliphatic heterocycles. The molecule has 1 aromatic rings. The number of rotatable bonds is 8. The molecule has 2 amide bonds. The molecule has 27 heavy (non-hydrogen) atoms. The van der Waals surface area contributed by atoms with E-state index in [1.807, 2.05) is 7.05 Å². The molecule has 0 spiro atoms. The number of hydrogen-bond donors (Lipinski definition) is 3. The minimum atomic E-state index is -1.28. The molecule has 3 rings (SSSR count). The van der Waals surface area contributed by atoms with Crippen LogP contribution >= 0.6 is 12.4 Å². The van der Waals surface area contributed by atoms with Gasteiger partial charge in [0, 0.05) is 13.1 Å². The zero-order valence-electron chi connectivity index (χ0n) is 15.0. The zero-order valence-corrected chi connectivity index (χ0v) is 15.8. The van der Waals surface area contributed by atoms with Crippen molar-refractivity contribution in [3.8, 4) is 5.75 Å². The second kappa shape index (κ2) is 9.45. The van der Waals surface area contributed by atoms with E-state index in [0.29, 0.717) is 32.0 Å². The molecule has 0 aromatic heterocycles. The second-order valence-corrected chi connectivity index (χ2v) is 6.18. The van der Waals surface area contributed by atoms with Crippen LogP contribution in [-0.4, -0.2) is 84.3 Å². The summed E-state index contributed by atoms with van der Waals surface area (Å²) >= 11 is 0. The molecule has 2 atom stereocenters. The average molecular weight is 402 g/mol. The summed E-state index contributed by atoms with van der Waals surface area (Å²) in [5.41, 5.74) is 0.517. The highest BCUT2D eigenvalue weighted by atomic mass is 35.5. The van der Waals surface area contributed by atoms with Crippen molar-refractivity contribution in [3.63, 3.8) is 0 Å².